The second-order valence-electron chi connectivity index (χ2n) is 4.82. The van der Waals surface area contributed by atoms with Crippen LogP contribution in [0.25, 0.3) is 0 Å². The number of anilines is 1. The van der Waals surface area contributed by atoms with Gasteiger partial charge in [-0.3, -0.25) is 4.79 Å². The number of carbonyl (C=O) groups is 1. The maximum Gasteiger partial charge on any atom is 0.240 e. The molecule has 2 N–H and O–H groups in total. The molecule has 0 fully saturated rings. The Labute approximate surface area is 141 Å². The molecular weight excluding hydrogens is 330 g/mol. The van der Waals surface area contributed by atoms with Crippen molar-refractivity contribution in [2.24, 2.45) is 0 Å². The Balaban J connectivity index is 1.85. The van der Waals surface area contributed by atoms with E-state index in [0.717, 1.165) is 0 Å². The highest BCUT2D eigenvalue weighted by atomic mass is 32.2. The number of nitrogens with one attached hydrogen (secondary N) is 2. The van der Waals surface area contributed by atoms with E-state index >= 15 is 0 Å². The number of sulfonamides is 1. The van der Waals surface area contributed by atoms with Crippen molar-refractivity contribution < 1.29 is 17.9 Å². The van der Waals surface area contributed by atoms with Gasteiger partial charge in [0, 0.05) is 19.2 Å². The van der Waals surface area contributed by atoms with Gasteiger partial charge in [-0.15, -0.1) is 0 Å². The molecule has 0 radical (unpaired) electrons. The second kappa shape index (κ2) is 8.42. The Hall–Kier alpha value is -2.45. The standard InChI is InChI=1S/C16H19N3O4S/c1-2-23-13-6-8-14(9-7-13)24(21,22)18-12-10-16(20)19-15-5-3-4-11-17-15/h3-9,11,18H,2,10,12H2,1H3,(H,17,19,20). The maximum atomic E-state index is 12.1. The number of amides is 1. The van der Waals surface area contributed by atoms with E-state index < -0.39 is 10.0 Å². The summed E-state index contributed by atoms with van der Waals surface area (Å²) in [5.41, 5.74) is 0. The van der Waals surface area contributed by atoms with E-state index in [1.165, 1.54) is 12.1 Å². The van der Waals surface area contributed by atoms with Gasteiger partial charge in [-0.25, -0.2) is 18.1 Å². The lowest BCUT2D eigenvalue weighted by Gasteiger charge is -2.08. The second-order valence-corrected chi connectivity index (χ2v) is 6.58. The summed E-state index contributed by atoms with van der Waals surface area (Å²) in [7, 11) is -3.66. The predicted octanol–water partition coefficient (Wildman–Crippen LogP) is 1.79. The van der Waals surface area contributed by atoms with Crippen LogP contribution in [0, 0.1) is 0 Å². The van der Waals surface area contributed by atoms with E-state index in [0.29, 0.717) is 18.2 Å². The molecule has 8 heteroatoms. The number of hydrogen-bond donors (Lipinski definition) is 2. The van der Waals surface area contributed by atoms with Crippen molar-refractivity contribution in [3.63, 3.8) is 0 Å². The summed E-state index contributed by atoms with van der Waals surface area (Å²) in [6, 6.07) is 11.2. The van der Waals surface area contributed by atoms with Crippen LogP contribution in [0.2, 0.25) is 0 Å². The first-order chi connectivity index (χ1) is 11.5. The minimum atomic E-state index is -3.66. The third-order valence-corrected chi connectivity index (χ3v) is 4.50. The molecule has 0 atom stereocenters. The summed E-state index contributed by atoms with van der Waals surface area (Å²) in [6.07, 6.45) is 1.57. The van der Waals surface area contributed by atoms with Crippen LogP contribution in [0.5, 0.6) is 5.75 Å². The van der Waals surface area contributed by atoms with E-state index in [2.05, 4.69) is 15.0 Å². The Morgan fingerprint density at radius 2 is 1.92 bits per heavy atom. The van der Waals surface area contributed by atoms with Crippen LogP contribution >= 0.6 is 0 Å². The zero-order valence-corrected chi connectivity index (χ0v) is 14.0. The van der Waals surface area contributed by atoms with Crippen LogP contribution in [0.15, 0.2) is 53.6 Å². The molecule has 1 aromatic heterocycles. The Morgan fingerprint density at radius 3 is 2.54 bits per heavy atom. The van der Waals surface area contributed by atoms with Gasteiger partial charge in [0.1, 0.15) is 11.6 Å². The number of carbonyl (C=O) groups excluding carboxylic acids is 1. The SMILES string of the molecule is CCOc1ccc(S(=O)(=O)NCCC(=O)Nc2ccccn2)cc1. The van der Waals surface area contributed by atoms with Crippen molar-refractivity contribution in [3.8, 4) is 5.75 Å². The highest BCUT2D eigenvalue weighted by Gasteiger charge is 2.14. The zero-order chi connectivity index (χ0) is 17.4. The van der Waals surface area contributed by atoms with Crippen molar-refractivity contribution in [2.45, 2.75) is 18.2 Å². The average Bonchev–Trinajstić information content (AvgIpc) is 2.56. The fraction of sp³-hybridized carbons (Fsp3) is 0.250. The van der Waals surface area contributed by atoms with Crippen molar-refractivity contribution in [2.75, 3.05) is 18.5 Å². The van der Waals surface area contributed by atoms with E-state index in [4.69, 9.17) is 4.74 Å². The lowest BCUT2D eigenvalue weighted by molar-refractivity contribution is -0.116. The maximum absolute atomic E-state index is 12.1. The minimum absolute atomic E-state index is 0.00574. The fourth-order valence-electron chi connectivity index (χ4n) is 1.91. The number of pyridine rings is 1. The Kier molecular flexibility index (Phi) is 6.28. The molecule has 0 saturated heterocycles. The normalized spacial score (nSPS) is 11.0. The minimum Gasteiger partial charge on any atom is -0.494 e. The summed E-state index contributed by atoms with van der Waals surface area (Å²) in [5.74, 6) is 0.714. The molecular formula is C16H19N3O4S. The van der Waals surface area contributed by atoms with Crippen molar-refractivity contribution in [1.82, 2.24) is 9.71 Å². The summed E-state index contributed by atoms with van der Waals surface area (Å²) in [4.78, 5) is 15.8. The van der Waals surface area contributed by atoms with Gasteiger partial charge in [0.25, 0.3) is 0 Å². The monoisotopic (exact) mass is 349 g/mol. The lowest BCUT2D eigenvalue weighted by atomic mass is 10.3. The zero-order valence-electron chi connectivity index (χ0n) is 13.2. The predicted molar refractivity (Wildman–Crippen MR) is 90.3 cm³/mol. The number of hydrogen-bond acceptors (Lipinski definition) is 5. The number of aromatic nitrogens is 1. The molecule has 0 saturated carbocycles. The van der Waals surface area contributed by atoms with E-state index in [1.807, 2.05) is 6.92 Å². The molecule has 0 unspecified atom stereocenters. The molecule has 0 spiro atoms. The smallest absolute Gasteiger partial charge is 0.240 e. The van der Waals surface area contributed by atoms with Gasteiger partial charge in [0.2, 0.25) is 15.9 Å². The molecule has 128 valence electrons. The topological polar surface area (TPSA) is 97.4 Å². The number of ether oxygens (including phenoxy) is 1. The molecule has 7 nitrogen and oxygen atoms in total. The van der Waals surface area contributed by atoms with Gasteiger partial charge in [-0.1, -0.05) is 6.07 Å². The van der Waals surface area contributed by atoms with Gasteiger partial charge in [0.05, 0.1) is 11.5 Å². The summed E-state index contributed by atoms with van der Waals surface area (Å²) in [6.45, 7) is 2.35. The van der Waals surface area contributed by atoms with Crippen molar-refractivity contribution >= 4 is 21.7 Å². The molecule has 24 heavy (non-hydrogen) atoms. The molecule has 1 heterocycles. The van der Waals surface area contributed by atoms with E-state index in [1.54, 1.807) is 36.5 Å². The molecule has 1 amide bonds. The first kappa shape index (κ1) is 17.9. The Morgan fingerprint density at radius 1 is 1.17 bits per heavy atom. The van der Waals surface area contributed by atoms with Gasteiger partial charge in [-0.05, 0) is 43.3 Å². The summed E-state index contributed by atoms with van der Waals surface area (Å²) < 4.78 is 32.0. The van der Waals surface area contributed by atoms with Crippen LogP contribution in [-0.2, 0) is 14.8 Å². The number of nitrogens with zero attached hydrogens (tertiary/aromatic N) is 1. The molecule has 0 aliphatic heterocycles. The molecule has 0 bridgehead atoms. The molecule has 0 aliphatic rings. The number of rotatable bonds is 8. The third kappa shape index (κ3) is 5.32. The number of benzene rings is 1. The molecule has 2 aromatic rings. The van der Waals surface area contributed by atoms with Crippen LogP contribution in [0.3, 0.4) is 0 Å². The highest BCUT2D eigenvalue weighted by molar-refractivity contribution is 7.89. The van der Waals surface area contributed by atoms with Gasteiger partial charge in [0.15, 0.2) is 0 Å². The van der Waals surface area contributed by atoms with Crippen LogP contribution in [-0.4, -0.2) is 32.5 Å². The molecule has 0 aliphatic carbocycles. The quantitative estimate of drug-likeness (QED) is 0.757. The third-order valence-electron chi connectivity index (χ3n) is 3.02. The summed E-state index contributed by atoms with van der Waals surface area (Å²) >= 11 is 0. The van der Waals surface area contributed by atoms with Crippen LogP contribution in [0.1, 0.15) is 13.3 Å². The van der Waals surface area contributed by atoms with Crippen molar-refractivity contribution in [3.05, 3.63) is 48.7 Å². The van der Waals surface area contributed by atoms with Crippen molar-refractivity contribution in [1.29, 1.82) is 0 Å². The first-order valence-corrected chi connectivity index (χ1v) is 8.93. The highest BCUT2D eigenvalue weighted by Crippen LogP contribution is 2.15. The molecule has 1 aromatic carbocycles. The van der Waals surface area contributed by atoms with E-state index in [9.17, 15) is 13.2 Å². The van der Waals surface area contributed by atoms with Crippen LogP contribution < -0.4 is 14.8 Å². The fourth-order valence-corrected chi connectivity index (χ4v) is 2.94. The summed E-state index contributed by atoms with van der Waals surface area (Å²) in [5, 5.41) is 2.59. The van der Waals surface area contributed by atoms with Gasteiger partial charge < -0.3 is 10.1 Å². The largest absolute Gasteiger partial charge is 0.494 e. The molecule has 2 rings (SSSR count). The Bertz CT molecular complexity index is 762. The van der Waals surface area contributed by atoms with Crippen LogP contribution in [0.4, 0.5) is 5.82 Å². The van der Waals surface area contributed by atoms with Gasteiger partial charge in [-0.2, -0.15) is 0 Å². The van der Waals surface area contributed by atoms with Gasteiger partial charge >= 0.3 is 0 Å². The van der Waals surface area contributed by atoms with E-state index in [-0.39, 0.29) is 23.8 Å². The first-order valence-electron chi connectivity index (χ1n) is 7.44. The lowest BCUT2D eigenvalue weighted by Crippen LogP contribution is -2.28. The average molecular weight is 349 g/mol.